The molecule has 1 aliphatic heterocycles. The summed E-state index contributed by atoms with van der Waals surface area (Å²) in [4.78, 5) is 58.8. The molecule has 0 radical (unpaired) electrons. The Morgan fingerprint density at radius 2 is 1.39 bits per heavy atom. The maximum absolute atomic E-state index is 12.1. The Morgan fingerprint density at radius 1 is 0.806 bits per heavy atom. The van der Waals surface area contributed by atoms with Gasteiger partial charge in [-0.05, 0) is 12.1 Å². The maximum atomic E-state index is 12.1. The number of esters is 4. The predicted octanol–water partition coefficient (Wildman–Crippen LogP) is 0.0207. The number of hydrogen-bond donors (Lipinski definition) is 2. The van der Waals surface area contributed by atoms with E-state index in [4.69, 9.17) is 28.4 Å². The van der Waals surface area contributed by atoms with Crippen LogP contribution in [0.25, 0.3) is 0 Å². The lowest BCUT2D eigenvalue weighted by Gasteiger charge is -2.44. The zero-order valence-electron chi connectivity index (χ0n) is 20.4. The molecule has 0 aliphatic carbocycles. The van der Waals surface area contributed by atoms with Crippen molar-refractivity contribution in [3.63, 3.8) is 0 Å². The van der Waals surface area contributed by atoms with Gasteiger partial charge in [0, 0.05) is 39.8 Å². The van der Waals surface area contributed by atoms with Crippen LogP contribution in [0.15, 0.2) is 30.3 Å². The van der Waals surface area contributed by atoms with Gasteiger partial charge in [-0.1, -0.05) is 18.2 Å². The minimum atomic E-state index is -1.32. The molecule has 5 atom stereocenters. The number of carbonyl (C=O) groups is 5. The summed E-state index contributed by atoms with van der Waals surface area (Å²) >= 11 is 0. The third-order valence-corrected chi connectivity index (χ3v) is 4.70. The molecule has 36 heavy (non-hydrogen) atoms. The van der Waals surface area contributed by atoms with E-state index in [1.54, 1.807) is 30.3 Å². The number of ether oxygens (including phenoxy) is 6. The van der Waals surface area contributed by atoms with Crippen LogP contribution in [0.2, 0.25) is 0 Å². The molecule has 0 spiro atoms. The molecule has 0 unspecified atom stereocenters. The van der Waals surface area contributed by atoms with Gasteiger partial charge in [-0.15, -0.1) is 0 Å². The molecule has 1 amide bonds. The average Bonchev–Trinajstić information content (AvgIpc) is 2.80. The second kappa shape index (κ2) is 14.1. The number of hydrazine groups is 1. The third-order valence-electron chi connectivity index (χ3n) is 4.70. The van der Waals surface area contributed by atoms with Crippen LogP contribution in [0.1, 0.15) is 38.1 Å². The first kappa shape index (κ1) is 28.7. The van der Waals surface area contributed by atoms with Crippen molar-refractivity contribution in [3.05, 3.63) is 35.9 Å². The first-order valence-electron chi connectivity index (χ1n) is 11.1. The van der Waals surface area contributed by atoms with Crippen molar-refractivity contribution >= 4 is 29.8 Å². The summed E-state index contributed by atoms with van der Waals surface area (Å²) in [5.41, 5.74) is 5.65. The smallest absolute Gasteiger partial charge is 0.303 e. The second-order valence-corrected chi connectivity index (χ2v) is 7.69. The Bertz CT molecular complexity index is 924. The van der Waals surface area contributed by atoms with E-state index < -0.39 is 54.6 Å². The van der Waals surface area contributed by atoms with Crippen LogP contribution in [0.4, 0.5) is 0 Å². The fourth-order valence-electron chi connectivity index (χ4n) is 3.35. The lowest BCUT2D eigenvalue weighted by Crippen LogP contribution is -2.63. The molecule has 198 valence electrons. The van der Waals surface area contributed by atoms with Gasteiger partial charge in [-0.3, -0.25) is 29.4 Å². The van der Waals surface area contributed by atoms with Crippen LogP contribution in [0.3, 0.4) is 0 Å². The molecule has 2 rings (SSSR count). The molecule has 0 bridgehead atoms. The Morgan fingerprint density at radius 3 is 1.97 bits per heavy atom. The van der Waals surface area contributed by atoms with Crippen LogP contribution in [0, 0.1) is 0 Å². The van der Waals surface area contributed by atoms with Gasteiger partial charge in [0.15, 0.2) is 24.6 Å². The first-order valence-corrected chi connectivity index (χ1v) is 11.1. The van der Waals surface area contributed by atoms with Crippen LogP contribution in [0.5, 0.6) is 0 Å². The van der Waals surface area contributed by atoms with E-state index in [1.807, 2.05) is 0 Å². The SMILES string of the molecule is CC(=O)OC[C@H]1O[C@@H](OCCNNC(=O)c2ccccc2)[C@H](OC(C)=O)[C@@H](OC(C)=O)[C@@H]1OC(C)=O. The summed E-state index contributed by atoms with van der Waals surface area (Å²) < 4.78 is 32.4. The normalized spacial score (nSPS) is 23.2. The topological polar surface area (TPSA) is 165 Å². The summed E-state index contributed by atoms with van der Waals surface area (Å²) in [5.74, 6) is -3.19. The number of hydrogen-bond acceptors (Lipinski definition) is 12. The fourth-order valence-corrected chi connectivity index (χ4v) is 3.35. The second-order valence-electron chi connectivity index (χ2n) is 7.69. The van der Waals surface area contributed by atoms with Gasteiger partial charge in [-0.25, -0.2) is 5.43 Å². The van der Waals surface area contributed by atoms with Crippen molar-refractivity contribution in [2.45, 2.75) is 58.4 Å². The van der Waals surface area contributed by atoms with Gasteiger partial charge in [-0.2, -0.15) is 0 Å². The molecule has 1 aromatic carbocycles. The van der Waals surface area contributed by atoms with Crippen LogP contribution in [-0.4, -0.2) is 80.2 Å². The van der Waals surface area contributed by atoms with Gasteiger partial charge in [0.25, 0.3) is 5.91 Å². The summed E-state index contributed by atoms with van der Waals surface area (Å²) in [6, 6.07) is 8.52. The number of amides is 1. The third kappa shape index (κ3) is 9.24. The van der Waals surface area contributed by atoms with E-state index in [9.17, 15) is 24.0 Å². The molecule has 1 fully saturated rings. The lowest BCUT2D eigenvalue weighted by molar-refractivity contribution is -0.307. The van der Waals surface area contributed by atoms with Crippen LogP contribution < -0.4 is 10.9 Å². The van der Waals surface area contributed by atoms with Gasteiger partial charge >= 0.3 is 23.9 Å². The monoisotopic (exact) mass is 510 g/mol. The van der Waals surface area contributed by atoms with Gasteiger partial charge < -0.3 is 28.4 Å². The van der Waals surface area contributed by atoms with E-state index >= 15 is 0 Å². The van der Waals surface area contributed by atoms with Crippen LogP contribution in [-0.2, 0) is 47.6 Å². The Kier molecular flexibility index (Phi) is 11.2. The fraction of sp³-hybridized carbons (Fsp3) is 0.522. The highest BCUT2D eigenvalue weighted by Gasteiger charge is 2.52. The number of benzene rings is 1. The van der Waals surface area contributed by atoms with Crippen molar-refractivity contribution < 1.29 is 52.4 Å². The summed E-state index contributed by atoms with van der Waals surface area (Å²) in [5, 5.41) is 0. The summed E-state index contributed by atoms with van der Waals surface area (Å²) in [6.07, 6.45) is -6.30. The standard InChI is InChI=1S/C23H30N2O11/c1-13(26)32-12-18-19(33-14(2)27)20(34-15(3)28)21(35-16(4)29)23(36-18)31-11-10-24-25-22(30)17-8-6-5-7-9-17/h5-9,18-21,23-24H,10-12H2,1-4H3,(H,25,30)/t18-,19-,20+,21-,23-/m1/s1. The quantitative estimate of drug-likeness (QED) is 0.178. The maximum Gasteiger partial charge on any atom is 0.303 e. The van der Waals surface area contributed by atoms with E-state index in [1.165, 1.54) is 6.92 Å². The van der Waals surface area contributed by atoms with Gasteiger partial charge in [0.1, 0.15) is 12.7 Å². The zero-order valence-corrected chi connectivity index (χ0v) is 20.4. The lowest BCUT2D eigenvalue weighted by atomic mass is 9.98. The molecule has 1 saturated heterocycles. The predicted molar refractivity (Wildman–Crippen MR) is 120 cm³/mol. The Labute approximate surface area is 207 Å². The van der Waals surface area contributed by atoms with Gasteiger partial charge in [0.2, 0.25) is 0 Å². The highest BCUT2D eigenvalue weighted by molar-refractivity contribution is 5.93. The van der Waals surface area contributed by atoms with E-state index in [0.717, 1.165) is 20.8 Å². The molecule has 1 heterocycles. The van der Waals surface area contributed by atoms with Crippen molar-refractivity contribution in [2.24, 2.45) is 0 Å². The van der Waals surface area contributed by atoms with E-state index in [-0.39, 0.29) is 25.7 Å². The molecule has 13 heteroatoms. The minimum Gasteiger partial charge on any atom is -0.463 e. The average molecular weight is 510 g/mol. The molecule has 1 aromatic rings. The largest absolute Gasteiger partial charge is 0.463 e. The van der Waals surface area contributed by atoms with Crippen molar-refractivity contribution in [3.8, 4) is 0 Å². The van der Waals surface area contributed by atoms with Crippen molar-refractivity contribution in [1.82, 2.24) is 10.9 Å². The summed E-state index contributed by atoms with van der Waals surface area (Å²) in [7, 11) is 0. The highest BCUT2D eigenvalue weighted by atomic mass is 16.7. The van der Waals surface area contributed by atoms with E-state index in [0.29, 0.717) is 5.56 Å². The minimum absolute atomic E-state index is 0.0528. The molecule has 2 N–H and O–H groups in total. The van der Waals surface area contributed by atoms with E-state index in [2.05, 4.69) is 10.9 Å². The molecule has 0 aromatic heterocycles. The number of carbonyl (C=O) groups excluding carboxylic acids is 5. The molecular formula is C23H30N2O11. The summed E-state index contributed by atoms with van der Waals surface area (Å²) in [6.45, 7) is 4.28. The zero-order chi connectivity index (χ0) is 26.7. The first-order chi connectivity index (χ1) is 17.1. The number of nitrogens with one attached hydrogen (secondary N) is 2. The number of rotatable bonds is 11. The Balaban J connectivity index is 2.12. The molecular weight excluding hydrogens is 480 g/mol. The molecule has 13 nitrogen and oxygen atoms in total. The van der Waals surface area contributed by atoms with Crippen LogP contribution >= 0.6 is 0 Å². The molecule has 0 saturated carbocycles. The van der Waals surface area contributed by atoms with Gasteiger partial charge in [0.05, 0.1) is 6.61 Å². The molecule has 1 aliphatic rings. The highest BCUT2D eigenvalue weighted by Crippen LogP contribution is 2.29. The Hall–Kier alpha value is -3.55. The van der Waals surface area contributed by atoms with Crippen molar-refractivity contribution in [1.29, 1.82) is 0 Å². The van der Waals surface area contributed by atoms with Crippen molar-refractivity contribution in [2.75, 3.05) is 19.8 Å².